The van der Waals surface area contributed by atoms with Gasteiger partial charge in [-0.05, 0) is 0 Å². The van der Waals surface area contributed by atoms with Gasteiger partial charge in [0.25, 0.3) is 10.0 Å². The summed E-state index contributed by atoms with van der Waals surface area (Å²) in [5, 5.41) is -0.0414. The minimum Gasteiger partial charge on any atom is -0.381 e. The van der Waals surface area contributed by atoms with Gasteiger partial charge in [0, 0.05) is 14.1 Å². The Balaban J connectivity index is 3.24. The van der Waals surface area contributed by atoms with Crippen LogP contribution in [0.3, 0.4) is 0 Å². The average molecular weight is 228 g/mol. The molecule has 0 amide bonds. The smallest absolute Gasteiger partial charge is 0.263 e. The number of aromatic nitrogens is 2. The van der Waals surface area contributed by atoms with Crippen molar-refractivity contribution >= 4 is 15.8 Å². The quantitative estimate of drug-likeness (QED) is 0.691. The molecular formula is C8H12N4O2S. The zero-order valence-corrected chi connectivity index (χ0v) is 9.32. The van der Waals surface area contributed by atoms with E-state index in [1.165, 1.54) is 17.9 Å². The number of hydrogen-bond acceptors (Lipinski definition) is 4. The van der Waals surface area contributed by atoms with Crippen molar-refractivity contribution in [1.82, 2.24) is 13.9 Å². The molecule has 0 fully saturated rings. The summed E-state index contributed by atoms with van der Waals surface area (Å²) in [4.78, 5) is 3.71. The number of nitrogens with zero attached hydrogens (tertiary/aromatic N) is 3. The van der Waals surface area contributed by atoms with Crippen LogP contribution in [-0.4, -0.2) is 35.9 Å². The van der Waals surface area contributed by atoms with Crippen LogP contribution >= 0.6 is 0 Å². The van der Waals surface area contributed by atoms with Crippen molar-refractivity contribution in [2.24, 2.45) is 7.05 Å². The summed E-state index contributed by atoms with van der Waals surface area (Å²) in [6.45, 7) is -0.00699. The maximum Gasteiger partial charge on any atom is 0.263 e. The fraction of sp³-hybridized carbons (Fsp3) is 0.375. The first-order chi connectivity index (χ1) is 6.91. The third-order valence-electron chi connectivity index (χ3n) is 1.88. The second kappa shape index (κ2) is 3.92. The monoisotopic (exact) mass is 228 g/mol. The van der Waals surface area contributed by atoms with Crippen LogP contribution in [0.2, 0.25) is 0 Å². The van der Waals surface area contributed by atoms with Gasteiger partial charge in [-0.3, -0.25) is 0 Å². The number of imidazole rings is 1. The number of sulfonamides is 1. The molecule has 0 aromatic carbocycles. The van der Waals surface area contributed by atoms with E-state index < -0.39 is 10.0 Å². The lowest BCUT2D eigenvalue weighted by molar-refractivity contribution is 0.495. The van der Waals surface area contributed by atoms with Gasteiger partial charge in [-0.2, -0.15) is 4.31 Å². The maximum absolute atomic E-state index is 11.9. The van der Waals surface area contributed by atoms with Crippen LogP contribution in [0.4, 0.5) is 5.82 Å². The molecule has 0 spiro atoms. The van der Waals surface area contributed by atoms with Gasteiger partial charge in [-0.25, -0.2) is 13.4 Å². The number of terminal acetylenes is 1. The highest BCUT2D eigenvalue weighted by molar-refractivity contribution is 7.89. The normalized spacial score (nSPS) is 11.6. The van der Waals surface area contributed by atoms with Crippen LogP contribution in [0.5, 0.6) is 0 Å². The average Bonchev–Trinajstić information content (AvgIpc) is 2.46. The van der Waals surface area contributed by atoms with Gasteiger partial charge in [0.1, 0.15) is 0 Å². The molecule has 0 saturated carbocycles. The molecule has 2 N–H and O–H groups in total. The van der Waals surface area contributed by atoms with Crippen LogP contribution in [0.1, 0.15) is 0 Å². The highest BCUT2D eigenvalue weighted by atomic mass is 32.2. The van der Waals surface area contributed by atoms with Crippen molar-refractivity contribution in [3.8, 4) is 12.3 Å². The van der Waals surface area contributed by atoms with Crippen molar-refractivity contribution in [3.05, 3.63) is 6.33 Å². The Hall–Kier alpha value is -1.52. The number of rotatable bonds is 3. The Bertz CT molecular complexity index is 478. The summed E-state index contributed by atoms with van der Waals surface area (Å²) in [7, 11) is -0.707. The number of nitrogens with two attached hydrogens (primary N) is 1. The molecule has 1 aromatic heterocycles. The second-order valence-corrected chi connectivity index (χ2v) is 4.97. The zero-order chi connectivity index (χ0) is 11.6. The Kier molecular flexibility index (Phi) is 3.02. The van der Waals surface area contributed by atoms with Crippen LogP contribution in [0, 0.1) is 12.3 Å². The fourth-order valence-electron chi connectivity index (χ4n) is 1.11. The van der Waals surface area contributed by atoms with E-state index in [-0.39, 0.29) is 17.4 Å². The molecule has 1 rings (SSSR count). The van der Waals surface area contributed by atoms with E-state index in [1.807, 2.05) is 0 Å². The van der Waals surface area contributed by atoms with E-state index in [2.05, 4.69) is 10.9 Å². The SMILES string of the molecule is C#CCN(C)S(=O)(=O)c1c(N)ncn1C. The summed E-state index contributed by atoms with van der Waals surface area (Å²) >= 11 is 0. The fourth-order valence-corrected chi connectivity index (χ4v) is 2.38. The lowest BCUT2D eigenvalue weighted by Crippen LogP contribution is -2.29. The van der Waals surface area contributed by atoms with Crippen molar-refractivity contribution < 1.29 is 8.42 Å². The summed E-state index contributed by atoms with van der Waals surface area (Å²) in [5.74, 6) is 2.22. The molecule has 6 nitrogen and oxygen atoms in total. The van der Waals surface area contributed by atoms with E-state index in [1.54, 1.807) is 7.05 Å². The minimum absolute atomic E-state index is 0.00699. The predicted octanol–water partition coefficient (Wildman–Crippen LogP) is -0.744. The van der Waals surface area contributed by atoms with Gasteiger partial charge >= 0.3 is 0 Å². The largest absolute Gasteiger partial charge is 0.381 e. The maximum atomic E-state index is 11.9. The van der Waals surface area contributed by atoms with E-state index in [9.17, 15) is 8.42 Å². The first-order valence-electron chi connectivity index (χ1n) is 4.08. The molecule has 0 saturated heterocycles. The van der Waals surface area contributed by atoms with Gasteiger partial charge in [0.15, 0.2) is 10.8 Å². The Labute approximate surface area is 88.8 Å². The Morgan fingerprint density at radius 1 is 1.73 bits per heavy atom. The summed E-state index contributed by atoms with van der Waals surface area (Å²) < 4.78 is 26.2. The van der Waals surface area contributed by atoms with E-state index >= 15 is 0 Å². The molecule has 0 aliphatic rings. The van der Waals surface area contributed by atoms with Gasteiger partial charge < -0.3 is 10.3 Å². The molecule has 0 unspecified atom stereocenters. The standard InChI is InChI=1S/C8H12N4O2S/c1-4-5-12(3)15(13,14)8-7(9)10-6-11(8)2/h1,6H,5,9H2,2-3H3. The minimum atomic E-state index is -3.65. The third-order valence-corrected chi connectivity index (χ3v) is 3.81. The molecule has 0 aliphatic heterocycles. The second-order valence-electron chi connectivity index (χ2n) is 3.01. The zero-order valence-electron chi connectivity index (χ0n) is 8.51. The first kappa shape index (κ1) is 11.6. The molecule has 0 radical (unpaired) electrons. The molecule has 82 valence electrons. The third kappa shape index (κ3) is 1.95. The van der Waals surface area contributed by atoms with Crippen LogP contribution in [0.25, 0.3) is 0 Å². The van der Waals surface area contributed by atoms with Crippen molar-refractivity contribution in [1.29, 1.82) is 0 Å². The van der Waals surface area contributed by atoms with Crippen LogP contribution in [0.15, 0.2) is 11.4 Å². The van der Waals surface area contributed by atoms with Gasteiger partial charge in [-0.15, -0.1) is 6.42 Å². The van der Waals surface area contributed by atoms with E-state index in [4.69, 9.17) is 12.2 Å². The van der Waals surface area contributed by atoms with Crippen molar-refractivity contribution in [2.75, 3.05) is 19.3 Å². The van der Waals surface area contributed by atoms with Crippen molar-refractivity contribution in [3.63, 3.8) is 0 Å². The van der Waals surface area contributed by atoms with Gasteiger partial charge in [0.05, 0.1) is 12.9 Å². The Morgan fingerprint density at radius 3 is 2.73 bits per heavy atom. The topological polar surface area (TPSA) is 81.2 Å². The molecule has 0 atom stereocenters. The van der Waals surface area contributed by atoms with Crippen LogP contribution in [-0.2, 0) is 17.1 Å². The molecule has 1 aromatic rings. The summed E-state index contributed by atoms with van der Waals surface area (Å²) in [5.41, 5.74) is 5.47. The summed E-state index contributed by atoms with van der Waals surface area (Å²) in [6.07, 6.45) is 6.39. The predicted molar refractivity (Wildman–Crippen MR) is 56.3 cm³/mol. The highest BCUT2D eigenvalue weighted by Crippen LogP contribution is 2.18. The molecule has 0 bridgehead atoms. The number of nitrogen functional groups attached to an aromatic ring is 1. The molecule has 7 heteroatoms. The van der Waals surface area contributed by atoms with Crippen molar-refractivity contribution in [2.45, 2.75) is 5.03 Å². The number of aryl methyl sites for hydroxylation is 1. The first-order valence-corrected chi connectivity index (χ1v) is 5.52. The molecule has 1 heterocycles. The summed E-state index contributed by atoms with van der Waals surface area (Å²) in [6, 6.07) is 0. The lowest BCUT2D eigenvalue weighted by Gasteiger charge is -2.14. The highest BCUT2D eigenvalue weighted by Gasteiger charge is 2.26. The molecular weight excluding hydrogens is 216 g/mol. The lowest BCUT2D eigenvalue weighted by atomic mass is 10.7. The number of hydrogen-bond donors (Lipinski definition) is 1. The van der Waals surface area contributed by atoms with E-state index in [0.717, 1.165) is 4.31 Å². The van der Waals surface area contributed by atoms with Crippen LogP contribution < -0.4 is 5.73 Å². The number of anilines is 1. The van der Waals surface area contributed by atoms with E-state index in [0.29, 0.717) is 0 Å². The molecule has 0 aliphatic carbocycles. The Morgan fingerprint density at radius 2 is 2.33 bits per heavy atom. The molecule has 15 heavy (non-hydrogen) atoms. The van der Waals surface area contributed by atoms with Gasteiger partial charge in [0.2, 0.25) is 0 Å². The van der Waals surface area contributed by atoms with Gasteiger partial charge in [-0.1, -0.05) is 5.92 Å².